The van der Waals surface area contributed by atoms with Crippen molar-refractivity contribution >= 4 is 0 Å². The zero-order chi connectivity index (χ0) is 14.9. The van der Waals surface area contributed by atoms with E-state index in [0.29, 0.717) is 6.04 Å². The second kappa shape index (κ2) is 5.88. The van der Waals surface area contributed by atoms with Crippen molar-refractivity contribution in [2.24, 2.45) is 11.1 Å². The van der Waals surface area contributed by atoms with Crippen molar-refractivity contribution in [3.63, 3.8) is 0 Å². The molecule has 0 aromatic heterocycles. The highest BCUT2D eigenvalue weighted by Gasteiger charge is 2.54. The zero-order valence-electron chi connectivity index (χ0n) is 13.2. The van der Waals surface area contributed by atoms with Crippen LogP contribution < -0.4 is 15.2 Å². The third kappa shape index (κ3) is 2.64. The van der Waals surface area contributed by atoms with Gasteiger partial charge in [-0.15, -0.1) is 0 Å². The molecule has 0 radical (unpaired) electrons. The third-order valence-corrected chi connectivity index (χ3v) is 5.47. The molecule has 2 aliphatic rings. The van der Waals surface area contributed by atoms with Gasteiger partial charge < -0.3 is 15.2 Å². The van der Waals surface area contributed by atoms with E-state index in [1.807, 2.05) is 12.1 Å². The Kier molecular flexibility index (Phi) is 4.12. The van der Waals surface area contributed by atoms with Crippen LogP contribution >= 0.6 is 0 Å². The van der Waals surface area contributed by atoms with Gasteiger partial charge in [0.15, 0.2) is 11.5 Å². The molecule has 0 saturated heterocycles. The first-order valence-electron chi connectivity index (χ1n) is 8.22. The lowest BCUT2D eigenvalue weighted by atomic mass is 9.58. The molecule has 3 rings (SSSR count). The largest absolute Gasteiger partial charge is 0.493 e. The van der Waals surface area contributed by atoms with Crippen LogP contribution in [0.15, 0.2) is 18.2 Å². The van der Waals surface area contributed by atoms with E-state index in [1.54, 1.807) is 7.11 Å². The molecule has 0 aliphatic heterocycles. The first-order valence-corrected chi connectivity index (χ1v) is 8.22. The molecule has 0 heterocycles. The Balaban J connectivity index is 1.78. The Morgan fingerprint density at radius 2 is 1.81 bits per heavy atom. The average Bonchev–Trinajstić information content (AvgIpc) is 2.76. The van der Waals surface area contributed by atoms with Gasteiger partial charge in [0.1, 0.15) is 6.10 Å². The van der Waals surface area contributed by atoms with Crippen molar-refractivity contribution in [1.29, 1.82) is 0 Å². The van der Waals surface area contributed by atoms with Gasteiger partial charge in [-0.2, -0.15) is 0 Å². The number of ether oxygens (including phenoxy) is 2. The SMILES string of the molecule is COc1cc(C)ccc1OC1CC(N)C12CCCCCC2. The first-order chi connectivity index (χ1) is 10.2. The van der Waals surface area contributed by atoms with Crippen LogP contribution in [0.2, 0.25) is 0 Å². The van der Waals surface area contributed by atoms with E-state index in [1.165, 1.54) is 44.1 Å². The summed E-state index contributed by atoms with van der Waals surface area (Å²) in [5.41, 5.74) is 7.77. The molecule has 2 unspecified atom stereocenters. The summed E-state index contributed by atoms with van der Waals surface area (Å²) >= 11 is 0. The lowest BCUT2D eigenvalue weighted by Crippen LogP contribution is -2.63. The van der Waals surface area contributed by atoms with Crippen LogP contribution in [0.3, 0.4) is 0 Å². The number of benzene rings is 1. The molecule has 2 atom stereocenters. The fourth-order valence-corrected chi connectivity index (χ4v) is 4.05. The molecule has 3 nitrogen and oxygen atoms in total. The minimum atomic E-state index is 0.201. The molecule has 1 aromatic carbocycles. The Labute approximate surface area is 127 Å². The van der Waals surface area contributed by atoms with Crippen LogP contribution in [-0.2, 0) is 0 Å². The summed E-state index contributed by atoms with van der Waals surface area (Å²) in [6.07, 6.45) is 8.92. The molecule has 2 saturated carbocycles. The highest BCUT2D eigenvalue weighted by molar-refractivity contribution is 5.43. The third-order valence-electron chi connectivity index (χ3n) is 5.47. The Hall–Kier alpha value is -1.22. The maximum absolute atomic E-state index is 6.39. The van der Waals surface area contributed by atoms with Crippen LogP contribution in [0.25, 0.3) is 0 Å². The molecule has 2 fully saturated rings. The molecule has 0 amide bonds. The predicted molar refractivity (Wildman–Crippen MR) is 84.9 cm³/mol. The Bertz CT molecular complexity index is 492. The van der Waals surface area contributed by atoms with Crippen molar-refractivity contribution in [2.75, 3.05) is 7.11 Å². The number of methoxy groups -OCH3 is 1. The first kappa shape index (κ1) is 14.7. The zero-order valence-corrected chi connectivity index (χ0v) is 13.2. The molecule has 1 aromatic rings. The number of aryl methyl sites for hydroxylation is 1. The van der Waals surface area contributed by atoms with E-state index >= 15 is 0 Å². The van der Waals surface area contributed by atoms with E-state index < -0.39 is 0 Å². The van der Waals surface area contributed by atoms with Gasteiger partial charge in [-0.05, 0) is 37.5 Å². The van der Waals surface area contributed by atoms with E-state index in [-0.39, 0.29) is 11.5 Å². The number of nitrogens with two attached hydrogens (primary N) is 1. The second-order valence-corrected chi connectivity index (χ2v) is 6.75. The maximum atomic E-state index is 6.39. The lowest BCUT2D eigenvalue weighted by Gasteiger charge is -2.54. The summed E-state index contributed by atoms with van der Waals surface area (Å²) in [5, 5.41) is 0. The molecule has 0 bridgehead atoms. The predicted octanol–water partition coefficient (Wildman–Crippen LogP) is 3.82. The van der Waals surface area contributed by atoms with Crippen LogP contribution in [0.5, 0.6) is 11.5 Å². The van der Waals surface area contributed by atoms with E-state index in [0.717, 1.165) is 17.9 Å². The van der Waals surface area contributed by atoms with Crippen LogP contribution in [0.1, 0.15) is 50.5 Å². The fraction of sp³-hybridized carbons (Fsp3) is 0.667. The van der Waals surface area contributed by atoms with Gasteiger partial charge in [-0.1, -0.05) is 31.7 Å². The van der Waals surface area contributed by atoms with Gasteiger partial charge >= 0.3 is 0 Å². The van der Waals surface area contributed by atoms with Gasteiger partial charge in [0.25, 0.3) is 0 Å². The minimum absolute atomic E-state index is 0.201. The van der Waals surface area contributed by atoms with E-state index in [2.05, 4.69) is 13.0 Å². The smallest absolute Gasteiger partial charge is 0.161 e. The fourth-order valence-electron chi connectivity index (χ4n) is 4.05. The molecule has 1 spiro atoms. The average molecular weight is 289 g/mol. The molecule has 116 valence electrons. The molecular formula is C18H27NO2. The lowest BCUT2D eigenvalue weighted by molar-refractivity contribution is -0.0778. The second-order valence-electron chi connectivity index (χ2n) is 6.75. The van der Waals surface area contributed by atoms with E-state index in [9.17, 15) is 0 Å². The van der Waals surface area contributed by atoms with Gasteiger partial charge in [0.05, 0.1) is 7.11 Å². The van der Waals surface area contributed by atoms with E-state index in [4.69, 9.17) is 15.2 Å². The quantitative estimate of drug-likeness (QED) is 0.920. The van der Waals surface area contributed by atoms with Crippen LogP contribution in [0, 0.1) is 12.3 Å². The minimum Gasteiger partial charge on any atom is -0.493 e. The number of rotatable bonds is 3. The topological polar surface area (TPSA) is 44.5 Å². The standard InChI is InChI=1S/C18H27NO2/c1-13-7-8-14(15(11-13)20-2)21-17-12-16(19)18(17)9-5-3-4-6-10-18/h7-8,11,16-17H,3-6,9-10,12,19H2,1-2H3. The van der Waals surface area contributed by atoms with Gasteiger partial charge in [-0.25, -0.2) is 0 Å². The Morgan fingerprint density at radius 3 is 2.43 bits per heavy atom. The van der Waals surface area contributed by atoms with Gasteiger partial charge in [-0.3, -0.25) is 0 Å². The van der Waals surface area contributed by atoms with Crippen LogP contribution in [0.4, 0.5) is 0 Å². The highest BCUT2D eigenvalue weighted by Crippen LogP contribution is 2.52. The molecule has 2 N–H and O–H groups in total. The molecular weight excluding hydrogens is 262 g/mol. The van der Waals surface area contributed by atoms with Gasteiger partial charge in [0, 0.05) is 17.9 Å². The Morgan fingerprint density at radius 1 is 1.10 bits per heavy atom. The van der Waals surface area contributed by atoms with Crippen molar-refractivity contribution < 1.29 is 9.47 Å². The maximum Gasteiger partial charge on any atom is 0.161 e. The van der Waals surface area contributed by atoms with Crippen LogP contribution in [-0.4, -0.2) is 19.3 Å². The molecule has 21 heavy (non-hydrogen) atoms. The van der Waals surface area contributed by atoms with Gasteiger partial charge in [0.2, 0.25) is 0 Å². The molecule has 3 heteroatoms. The monoisotopic (exact) mass is 289 g/mol. The van der Waals surface area contributed by atoms with Crippen molar-refractivity contribution in [3.05, 3.63) is 23.8 Å². The summed E-state index contributed by atoms with van der Waals surface area (Å²) < 4.78 is 11.8. The summed E-state index contributed by atoms with van der Waals surface area (Å²) in [5.74, 6) is 1.70. The van der Waals surface area contributed by atoms with Crippen molar-refractivity contribution in [1.82, 2.24) is 0 Å². The number of hydrogen-bond acceptors (Lipinski definition) is 3. The summed E-state index contributed by atoms with van der Waals surface area (Å²) in [6, 6.07) is 6.45. The molecule has 2 aliphatic carbocycles. The highest BCUT2D eigenvalue weighted by atomic mass is 16.5. The summed E-state index contributed by atoms with van der Waals surface area (Å²) in [4.78, 5) is 0. The van der Waals surface area contributed by atoms with Crippen molar-refractivity contribution in [3.8, 4) is 11.5 Å². The number of hydrogen-bond donors (Lipinski definition) is 1. The summed E-state index contributed by atoms with van der Waals surface area (Å²) in [7, 11) is 1.70. The normalized spacial score (nSPS) is 27.8. The summed E-state index contributed by atoms with van der Waals surface area (Å²) in [6.45, 7) is 2.07. The van der Waals surface area contributed by atoms with Crippen molar-refractivity contribution in [2.45, 2.75) is 64.0 Å².